The van der Waals surface area contributed by atoms with Crippen LogP contribution in [0.15, 0.2) is 54.6 Å². The van der Waals surface area contributed by atoms with Crippen LogP contribution in [0, 0.1) is 20.8 Å². The predicted molar refractivity (Wildman–Crippen MR) is 145 cm³/mol. The molecule has 0 unspecified atom stereocenters. The summed E-state index contributed by atoms with van der Waals surface area (Å²) in [6.45, 7) is 10.0. The van der Waals surface area contributed by atoms with Crippen molar-refractivity contribution in [3.05, 3.63) is 82.4 Å². The molecule has 7 heteroatoms. The zero-order valence-electron chi connectivity index (χ0n) is 22.2. The largest absolute Gasteiger partial charge is 0.490 e. The number of carboxylic acids is 1. The van der Waals surface area contributed by atoms with Crippen LogP contribution in [0.4, 0.5) is 11.4 Å². The molecule has 194 valence electrons. The van der Waals surface area contributed by atoms with Gasteiger partial charge in [0.15, 0.2) is 0 Å². The molecule has 4 rings (SSSR count). The van der Waals surface area contributed by atoms with E-state index in [1.54, 1.807) is 26.0 Å². The highest BCUT2D eigenvalue weighted by Crippen LogP contribution is 2.33. The highest BCUT2D eigenvalue weighted by molar-refractivity contribution is 6.06. The summed E-state index contributed by atoms with van der Waals surface area (Å²) in [7, 11) is 2.04. The third-order valence-corrected chi connectivity index (χ3v) is 6.92. The van der Waals surface area contributed by atoms with Gasteiger partial charge in [-0.1, -0.05) is 18.2 Å². The molecule has 0 saturated carbocycles. The summed E-state index contributed by atoms with van der Waals surface area (Å²) >= 11 is 0. The maximum absolute atomic E-state index is 13.2. The lowest BCUT2D eigenvalue weighted by molar-refractivity contribution is -0.142. The molecule has 0 aliphatic carbocycles. The first-order valence-electron chi connectivity index (χ1n) is 12.3. The van der Waals surface area contributed by atoms with E-state index in [4.69, 9.17) is 9.47 Å². The van der Waals surface area contributed by atoms with Crippen molar-refractivity contribution >= 4 is 23.3 Å². The van der Waals surface area contributed by atoms with Gasteiger partial charge in [0.05, 0.1) is 17.6 Å². The number of nitrogens with zero attached hydrogens (tertiary/aromatic N) is 1. The van der Waals surface area contributed by atoms with Crippen LogP contribution in [-0.2, 0) is 10.2 Å². The van der Waals surface area contributed by atoms with Crippen LogP contribution in [0.1, 0.15) is 46.5 Å². The van der Waals surface area contributed by atoms with E-state index < -0.39 is 11.4 Å². The molecular weight excluding hydrogens is 468 g/mol. The topological polar surface area (TPSA) is 88.1 Å². The fraction of sp³-hybridized carbons (Fsp3) is 0.333. The molecule has 0 fully saturated rings. The number of amides is 1. The SMILES string of the molecule is Cc1ccc(NC(=O)c2c(C)cc(OC[C@@H]3CN(C)c4ccccc4O3)cc2C)cc1C(C)(C)C(=O)O. The van der Waals surface area contributed by atoms with Gasteiger partial charge in [0.1, 0.15) is 24.2 Å². The number of carbonyl (C=O) groups is 2. The monoisotopic (exact) mass is 502 g/mol. The lowest BCUT2D eigenvalue weighted by Gasteiger charge is -2.33. The van der Waals surface area contributed by atoms with Crippen LogP contribution in [-0.4, -0.2) is 43.3 Å². The Labute approximate surface area is 218 Å². The Balaban J connectivity index is 1.46. The standard InChI is InChI=1S/C30H34N2O5/c1-18-11-12-21(15-24(18)30(4,5)29(34)35)31-28(33)27-19(2)13-22(14-20(27)3)36-17-23-16-32(6)25-9-7-8-10-26(25)37-23/h7-15,23H,16-17H2,1-6H3,(H,31,33)(H,34,35)/t23-/m0/s1. The molecule has 0 radical (unpaired) electrons. The van der Waals surface area contributed by atoms with Crippen molar-refractivity contribution in [1.82, 2.24) is 0 Å². The molecule has 1 aliphatic rings. The molecule has 1 aliphatic heterocycles. The zero-order chi connectivity index (χ0) is 26.9. The quantitative estimate of drug-likeness (QED) is 0.443. The van der Waals surface area contributed by atoms with Crippen molar-refractivity contribution < 1.29 is 24.2 Å². The number of carboxylic acid groups (broad SMARTS) is 1. The number of anilines is 2. The van der Waals surface area contributed by atoms with E-state index in [9.17, 15) is 14.7 Å². The first-order valence-corrected chi connectivity index (χ1v) is 12.3. The van der Waals surface area contributed by atoms with Crippen molar-refractivity contribution in [3.8, 4) is 11.5 Å². The average Bonchev–Trinajstić information content (AvgIpc) is 2.83. The zero-order valence-corrected chi connectivity index (χ0v) is 22.2. The van der Waals surface area contributed by atoms with Crippen LogP contribution in [0.2, 0.25) is 0 Å². The number of carbonyl (C=O) groups excluding carboxylic acids is 1. The number of rotatable bonds is 7. The lowest BCUT2D eigenvalue weighted by atomic mass is 9.82. The number of aryl methyl sites for hydroxylation is 3. The second-order valence-electron chi connectivity index (χ2n) is 10.2. The minimum absolute atomic E-state index is 0.116. The Morgan fingerprint density at radius 1 is 1.05 bits per heavy atom. The Bertz CT molecular complexity index is 1320. The molecule has 7 nitrogen and oxygen atoms in total. The first kappa shape index (κ1) is 26.1. The van der Waals surface area contributed by atoms with Crippen LogP contribution < -0.4 is 19.7 Å². The number of benzene rings is 3. The molecular formula is C30H34N2O5. The number of hydrogen-bond acceptors (Lipinski definition) is 5. The predicted octanol–water partition coefficient (Wildman–Crippen LogP) is 5.50. The van der Waals surface area contributed by atoms with Crippen molar-refractivity contribution in [2.24, 2.45) is 0 Å². The van der Waals surface area contributed by atoms with Gasteiger partial charge in [-0.2, -0.15) is 0 Å². The third-order valence-electron chi connectivity index (χ3n) is 6.92. The maximum Gasteiger partial charge on any atom is 0.313 e. The number of ether oxygens (including phenoxy) is 2. The van der Waals surface area contributed by atoms with Crippen molar-refractivity contribution in [2.75, 3.05) is 30.4 Å². The molecule has 0 bridgehead atoms. The average molecular weight is 503 g/mol. The minimum Gasteiger partial charge on any atom is -0.490 e. The Morgan fingerprint density at radius 3 is 2.41 bits per heavy atom. The summed E-state index contributed by atoms with van der Waals surface area (Å²) in [4.78, 5) is 27.1. The van der Waals surface area contributed by atoms with Gasteiger partial charge < -0.3 is 24.8 Å². The number of nitrogens with one attached hydrogen (secondary N) is 1. The second-order valence-corrected chi connectivity index (χ2v) is 10.2. The summed E-state index contributed by atoms with van der Waals surface area (Å²) < 4.78 is 12.2. The van der Waals surface area contributed by atoms with E-state index in [2.05, 4.69) is 10.2 Å². The minimum atomic E-state index is -1.07. The van der Waals surface area contributed by atoms with E-state index in [0.717, 1.165) is 28.1 Å². The number of likely N-dealkylation sites (N-methyl/N-ethyl adjacent to an activating group) is 1. The van der Waals surface area contributed by atoms with Crippen LogP contribution >= 0.6 is 0 Å². The van der Waals surface area contributed by atoms with Crippen LogP contribution in [0.5, 0.6) is 11.5 Å². The summed E-state index contributed by atoms with van der Waals surface area (Å²) in [6.07, 6.45) is -0.116. The van der Waals surface area contributed by atoms with Gasteiger partial charge in [-0.25, -0.2) is 0 Å². The Hall–Kier alpha value is -4.00. The molecule has 1 amide bonds. The number of aliphatic carboxylic acids is 1. The maximum atomic E-state index is 13.2. The molecule has 3 aromatic carbocycles. The van der Waals surface area contributed by atoms with Gasteiger partial charge in [0, 0.05) is 18.3 Å². The summed E-state index contributed by atoms with van der Waals surface area (Å²) in [5.41, 5.74) is 4.20. The molecule has 0 spiro atoms. The number of hydrogen-bond donors (Lipinski definition) is 2. The second kappa shape index (κ2) is 10.2. The van der Waals surface area contributed by atoms with Gasteiger partial charge in [0.2, 0.25) is 0 Å². The third kappa shape index (κ3) is 5.40. The summed E-state index contributed by atoms with van der Waals surface area (Å²) in [5.74, 6) is 0.349. The molecule has 0 saturated heterocycles. The van der Waals surface area contributed by atoms with Gasteiger partial charge in [0.25, 0.3) is 5.91 Å². The van der Waals surface area contributed by atoms with E-state index in [-0.39, 0.29) is 12.0 Å². The molecule has 3 aromatic rings. The highest BCUT2D eigenvalue weighted by atomic mass is 16.5. The number of para-hydroxylation sites is 2. The van der Waals surface area contributed by atoms with Gasteiger partial charge in [-0.3, -0.25) is 9.59 Å². The molecule has 2 N–H and O–H groups in total. The molecule has 1 heterocycles. The Kier molecular flexibility index (Phi) is 7.16. The summed E-state index contributed by atoms with van der Waals surface area (Å²) in [5, 5.41) is 12.6. The lowest BCUT2D eigenvalue weighted by Crippen LogP contribution is -2.41. The Morgan fingerprint density at radius 2 is 1.73 bits per heavy atom. The van der Waals surface area contributed by atoms with Gasteiger partial charge >= 0.3 is 5.97 Å². The molecule has 1 atom stereocenters. The molecule has 37 heavy (non-hydrogen) atoms. The molecule has 0 aromatic heterocycles. The van der Waals surface area contributed by atoms with E-state index in [0.29, 0.717) is 35.7 Å². The van der Waals surface area contributed by atoms with E-state index in [1.165, 1.54) is 0 Å². The normalized spacial score (nSPS) is 15.0. The fourth-order valence-electron chi connectivity index (χ4n) is 4.82. The van der Waals surface area contributed by atoms with Crippen molar-refractivity contribution in [2.45, 2.75) is 46.1 Å². The van der Waals surface area contributed by atoms with Crippen LogP contribution in [0.25, 0.3) is 0 Å². The van der Waals surface area contributed by atoms with Gasteiger partial charge in [-0.05, 0) is 93.3 Å². The van der Waals surface area contributed by atoms with Crippen molar-refractivity contribution in [3.63, 3.8) is 0 Å². The van der Waals surface area contributed by atoms with Crippen molar-refractivity contribution in [1.29, 1.82) is 0 Å². The fourth-order valence-corrected chi connectivity index (χ4v) is 4.82. The highest BCUT2D eigenvalue weighted by Gasteiger charge is 2.31. The summed E-state index contributed by atoms with van der Waals surface area (Å²) in [6, 6.07) is 17.0. The smallest absolute Gasteiger partial charge is 0.313 e. The van der Waals surface area contributed by atoms with E-state index in [1.807, 2.05) is 70.3 Å². The van der Waals surface area contributed by atoms with Gasteiger partial charge in [-0.15, -0.1) is 0 Å². The first-order chi connectivity index (χ1) is 17.5. The van der Waals surface area contributed by atoms with Crippen LogP contribution in [0.3, 0.4) is 0 Å². The van der Waals surface area contributed by atoms with E-state index >= 15 is 0 Å². The number of fused-ring (bicyclic) bond motifs is 1.